The van der Waals surface area contributed by atoms with Crippen LogP contribution < -0.4 is 21.3 Å². The first-order valence-electron chi connectivity index (χ1n) is 20.4. The van der Waals surface area contributed by atoms with Gasteiger partial charge < -0.3 is 21.3 Å². The Morgan fingerprint density at radius 3 is 1.17 bits per heavy atom. The SMILES string of the molecule is CCc1c(NC(=O)C(N=Nc2cccc(C(=O)Nc3c(Cl)cccc3C(F)(F)F)c2Cl)C(C)=O)ccc(NC(=O)C(N=Nc2cccc(C(=O)Nc3c(Cl)cccc3C(F)(F)F)c2Cl)C(C)=O)c1CC. The zero-order valence-corrected chi connectivity index (χ0v) is 39.7. The number of hydrogen-bond donors (Lipinski definition) is 4. The maximum Gasteiger partial charge on any atom is 0.418 e. The number of nitrogens with zero attached hydrogens (tertiary/aromatic N) is 4. The van der Waals surface area contributed by atoms with E-state index in [0.717, 1.165) is 50.2 Å². The van der Waals surface area contributed by atoms with E-state index in [4.69, 9.17) is 46.4 Å². The highest BCUT2D eigenvalue weighted by atomic mass is 35.5. The van der Waals surface area contributed by atoms with Crippen LogP contribution in [0.4, 0.5) is 60.5 Å². The standard InChI is InChI=1S/C46H36Cl4F6N8O6/c1-5-23-24(6-2)32(58-44(70)38(22(4)66)64-62-34-18-8-12-26(36(34)50)42(68)60-40-28(46(54,55)56)14-10-16-30(40)48)20-19-31(23)57-43(69)37(21(3)65)63-61-33-17-7-11-25(35(33)49)41(67)59-39-27(45(51,52)53)13-9-15-29(39)47/h7-20,37-38H,5-6H2,1-4H3,(H,57,69)(H,58,70)(H,59,67)(H,60,68). The Hall–Kier alpha value is -6.74. The molecule has 4 amide bonds. The van der Waals surface area contributed by atoms with Crippen molar-refractivity contribution in [3.8, 4) is 0 Å². The summed E-state index contributed by atoms with van der Waals surface area (Å²) in [6.07, 6.45) is -9.19. The van der Waals surface area contributed by atoms with Gasteiger partial charge in [0.25, 0.3) is 23.6 Å². The summed E-state index contributed by atoms with van der Waals surface area (Å²) in [6.45, 7) is 5.62. The molecule has 24 heteroatoms. The van der Waals surface area contributed by atoms with Crippen molar-refractivity contribution in [3.63, 3.8) is 0 Å². The molecule has 0 aliphatic rings. The van der Waals surface area contributed by atoms with Crippen molar-refractivity contribution in [2.45, 2.75) is 65.0 Å². The Balaban J connectivity index is 1.33. The van der Waals surface area contributed by atoms with Crippen LogP contribution in [0.5, 0.6) is 0 Å². The quantitative estimate of drug-likeness (QED) is 0.0430. The van der Waals surface area contributed by atoms with Crippen LogP contribution in [-0.4, -0.2) is 47.3 Å². The lowest BCUT2D eigenvalue weighted by molar-refractivity contribution is -0.137. The summed E-state index contributed by atoms with van der Waals surface area (Å²) >= 11 is 24.8. The molecular formula is C46H36Cl4F6N8O6. The van der Waals surface area contributed by atoms with Gasteiger partial charge in [-0.1, -0.05) is 84.5 Å². The highest BCUT2D eigenvalue weighted by Gasteiger charge is 2.37. The third kappa shape index (κ3) is 12.7. The number of ketones is 2. The van der Waals surface area contributed by atoms with Gasteiger partial charge in [-0.05, 0) is 98.5 Å². The molecule has 5 rings (SSSR count). The van der Waals surface area contributed by atoms with E-state index in [1.54, 1.807) is 13.8 Å². The molecule has 0 aromatic heterocycles. The predicted molar refractivity (Wildman–Crippen MR) is 252 cm³/mol. The molecule has 5 aromatic rings. The number of rotatable bonds is 16. The van der Waals surface area contributed by atoms with Crippen LogP contribution in [0.25, 0.3) is 0 Å². The second kappa shape index (κ2) is 22.8. The summed E-state index contributed by atoms with van der Waals surface area (Å²) in [5.41, 5.74) is -3.49. The van der Waals surface area contributed by atoms with E-state index in [2.05, 4.69) is 41.7 Å². The zero-order chi connectivity index (χ0) is 51.8. The number of para-hydroxylation sites is 2. The molecule has 0 radical (unpaired) electrons. The first kappa shape index (κ1) is 54.2. The first-order chi connectivity index (χ1) is 32.9. The lowest BCUT2D eigenvalue weighted by Crippen LogP contribution is -2.33. The predicted octanol–water partition coefficient (Wildman–Crippen LogP) is 13.3. The molecule has 0 aliphatic heterocycles. The van der Waals surface area contributed by atoms with Gasteiger partial charge in [-0.15, -0.1) is 0 Å². The zero-order valence-electron chi connectivity index (χ0n) is 36.7. The summed E-state index contributed by atoms with van der Waals surface area (Å²) < 4.78 is 81.9. The molecule has 0 fully saturated rings. The van der Waals surface area contributed by atoms with E-state index in [1.165, 1.54) is 48.5 Å². The molecular weight excluding hydrogens is 1020 g/mol. The fourth-order valence-electron chi connectivity index (χ4n) is 6.69. The minimum Gasteiger partial charge on any atom is -0.323 e. The Labute approximate surface area is 414 Å². The molecule has 70 heavy (non-hydrogen) atoms. The molecule has 0 aliphatic carbocycles. The molecule has 366 valence electrons. The van der Waals surface area contributed by atoms with Crippen LogP contribution in [0.3, 0.4) is 0 Å². The van der Waals surface area contributed by atoms with Crippen LogP contribution >= 0.6 is 46.4 Å². The number of amides is 4. The number of anilines is 4. The third-order valence-corrected chi connectivity index (χ3v) is 11.5. The smallest absolute Gasteiger partial charge is 0.323 e. The van der Waals surface area contributed by atoms with E-state index < -0.39 is 92.2 Å². The maximum atomic E-state index is 13.7. The van der Waals surface area contributed by atoms with Crippen molar-refractivity contribution in [1.29, 1.82) is 0 Å². The lowest BCUT2D eigenvalue weighted by atomic mass is 9.98. The summed E-state index contributed by atoms with van der Waals surface area (Å²) in [4.78, 5) is 78.9. The molecule has 14 nitrogen and oxygen atoms in total. The van der Waals surface area contributed by atoms with E-state index in [1.807, 2.05) is 0 Å². The summed E-state index contributed by atoms with van der Waals surface area (Å²) in [5, 5.41) is 23.6. The number of hydrogen-bond acceptors (Lipinski definition) is 10. The Morgan fingerprint density at radius 1 is 0.514 bits per heavy atom. The van der Waals surface area contributed by atoms with Gasteiger partial charge in [0.2, 0.25) is 12.1 Å². The number of halogens is 10. The fraction of sp³-hybridized carbons (Fsp3) is 0.217. The second-order valence-electron chi connectivity index (χ2n) is 14.8. The van der Waals surface area contributed by atoms with Crippen LogP contribution in [0, 0.1) is 0 Å². The highest BCUT2D eigenvalue weighted by Crippen LogP contribution is 2.41. The molecule has 0 spiro atoms. The number of carbonyl (C=O) groups is 6. The molecule has 0 heterocycles. The van der Waals surface area contributed by atoms with E-state index in [0.29, 0.717) is 11.1 Å². The molecule has 0 saturated heterocycles. The summed E-state index contributed by atoms with van der Waals surface area (Å²) in [7, 11) is 0. The van der Waals surface area contributed by atoms with Gasteiger partial charge in [-0.3, -0.25) is 28.8 Å². The number of azo groups is 2. The van der Waals surface area contributed by atoms with Crippen molar-refractivity contribution in [1.82, 2.24) is 0 Å². The van der Waals surface area contributed by atoms with Gasteiger partial charge in [-0.25, -0.2) is 0 Å². The van der Waals surface area contributed by atoms with Gasteiger partial charge in [0, 0.05) is 11.4 Å². The third-order valence-electron chi connectivity index (χ3n) is 10.0. The monoisotopic (exact) mass is 1050 g/mol. The van der Waals surface area contributed by atoms with Gasteiger partial charge in [0.15, 0.2) is 11.6 Å². The minimum atomic E-state index is -4.86. The van der Waals surface area contributed by atoms with Gasteiger partial charge in [-0.2, -0.15) is 46.8 Å². The molecule has 4 N–H and O–H groups in total. The lowest BCUT2D eigenvalue weighted by Gasteiger charge is -2.20. The summed E-state index contributed by atoms with van der Waals surface area (Å²) in [5.74, 6) is -5.58. The molecule has 0 saturated carbocycles. The topological polar surface area (TPSA) is 200 Å². The maximum absolute atomic E-state index is 13.7. The summed E-state index contributed by atoms with van der Waals surface area (Å²) in [6, 6.07) is 12.7. The van der Waals surface area contributed by atoms with Crippen molar-refractivity contribution in [2.75, 3.05) is 21.3 Å². The average Bonchev–Trinajstić information content (AvgIpc) is 3.28. The Morgan fingerprint density at radius 2 is 0.857 bits per heavy atom. The molecule has 0 bridgehead atoms. The van der Waals surface area contributed by atoms with E-state index >= 15 is 0 Å². The van der Waals surface area contributed by atoms with Gasteiger partial charge in [0.05, 0.1) is 53.7 Å². The van der Waals surface area contributed by atoms with Crippen LogP contribution in [-0.2, 0) is 44.4 Å². The number of nitrogens with one attached hydrogen (secondary N) is 4. The molecule has 5 aromatic carbocycles. The fourth-order valence-corrected chi connectivity index (χ4v) is 7.64. The largest absolute Gasteiger partial charge is 0.418 e. The van der Waals surface area contributed by atoms with E-state index in [-0.39, 0.29) is 56.8 Å². The normalized spacial score (nSPS) is 12.7. The highest BCUT2D eigenvalue weighted by molar-refractivity contribution is 6.38. The minimum absolute atomic E-state index is 0.212. The van der Waals surface area contributed by atoms with Gasteiger partial charge in [0.1, 0.15) is 11.4 Å². The van der Waals surface area contributed by atoms with Crippen molar-refractivity contribution < 1.29 is 55.1 Å². The number of Topliss-reactive ketones (excluding diaryl/α,β-unsaturated/α-hetero) is 2. The number of benzene rings is 5. The Bertz CT molecular complexity index is 2770. The Kier molecular flexibility index (Phi) is 17.6. The van der Waals surface area contributed by atoms with Crippen molar-refractivity contribution in [2.24, 2.45) is 20.5 Å². The van der Waals surface area contributed by atoms with Crippen LogP contribution in [0.1, 0.15) is 70.7 Å². The van der Waals surface area contributed by atoms with Crippen molar-refractivity contribution >= 4 is 116 Å². The number of alkyl halides is 6. The van der Waals surface area contributed by atoms with Crippen LogP contribution in [0.15, 0.2) is 105 Å². The van der Waals surface area contributed by atoms with Gasteiger partial charge >= 0.3 is 12.4 Å². The molecule has 2 unspecified atom stereocenters. The second-order valence-corrected chi connectivity index (χ2v) is 16.3. The van der Waals surface area contributed by atoms with E-state index in [9.17, 15) is 55.1 Å². The van der Waals surface area contributed by atoms with Crippen molar-refractivity contribution in [3.05, 3.63) is 138 Å². The average molecular weight is 1050 g/mol. The number of carbonyl (C=O) groups excluding carboxylic acids is 6. The molecule has 2 atom stereocenters. The first-order valence-corrected chi connectivity index (χ1v) is 21.9. The van der Waals surface area contributed by atoms with Crippen LogP contribution in [0.2, 0.25) is 20.1 Å².